The zero-order chi connectivity index (χ0) is 26.8. The van der Waals surface area contributed by atoms with Gasteiger partial charge < -0.3 is 25.2 Å². The SMILES string of the molecule is CC[C@H](C)[C@@H](COc1ccc(-c2ccc(OC)cc2Cl)cc1)Nc1ccc(C(=O)NCCC(=O)O)cc1. The summed E-state index contributed by atoms with van der Waals surface area (Å²) in [5.41, 5.74) is 3.26. The molecule has 8 heteroatoms. The molecular weight excluding hydrogens is 492 g/mol. The van der Waals surface area contributed by atoms with Gasteiger partial charge >= 0.3 is 5.97 Å². The molecule has 7 nitrogen and oxygen atoms in total. The minimum atomic E-state index is -0.948. The van der Waals surface area contributed by atoms with Gasteiger partial charge in [0.25, 0.3) is 5.91 Å². The number of hydrogen-bond acceptors (Lipinski definition) is 5. The first-order valence-electron chi connectivity index (χ1n) is 12.2. The number of carbonyl (C=O) groups excluding carboxylic acids is 1. The van der Waals surface area contributed by atoms with E-state index in [1.807, 2.05) is 48.5 Å². The lowest BCUT2D eigenvalue weighted by atomic mass is 9.99. The van der Waals surface area contributed by atoms with E-state index in [9.17, 15) is 9.59 Å². The quantitative estimate of drug-likeness (QED) is 0.249. The van der Waals surface area contributed by atoms with Crippen molar-refractivity contribution in [3.63, 3.8) is 0 Å². The molecule has 3 aromatic carbocycles. The molecular formula is C29H33ClN2O5. The van der Waals surface area contributed by atoms with Gasteiger partial charge in [-0.3, -0.25) is 9.59 Å². The average molecular weight is 525 g/mol. The number of rotatable bonds is 13. The number of amides is 1. The smallest absolute Gasteiger partial charge is 0.305 e. The monoisotopic (exact) mass is 524 g/mol. The molecule has 0 aliphatic carbocycles. The normalized spacial score (nSPS) is 12.3. The first-order chi connectivity index (χ1) is 17.8. The number of nitrogens with one attached hydrogen (secondary N) is 2. The van der Waals surface area contributed by atoms with Crippen LogP contribution < -0.4 is 20.1 Å². The predicted molar refractivity (Wildman–Crippen MR) is 147 cm³/mol. The van der Waals surface area contributed by atoms with Crippen molar-refractivity contribution < 1.29 is 24.2 Å². The van der Waals surface area contributed by atoms with Crippen molar-refractivity contribution in [1.29, 1.82) is 0 Å². The van der Waals surface area contributed by atoms with Crippen molar-refractivity contribution in [1.82, 2.24) is 5.32 Å². The maximum absolute atomic E-state index is 12.2. The van der Waals surface area contributed by atoms with Crippen molar-refractivity contribution in [2.75, 3.05) is 25.6 Å². The standard InChI is InChI=1S/C29H33ClN2O5/c1-4-19(2)27(32-22-9-5-21(6-10-22)29(35)31-16-15-28(33)34)18-37-23-11-7-20(8-12-23)25-14-13-24(36-3)17-26(25)30/h5-14,17,19,27,32H,4,15-16,18H2,1-3H3,(H,31,35)(H,33,34)/t19-,27+/m0/s1. The maximum Gasteiger partial charge on any atom is 0.305 e. The van der Waals surface area contributed by atoms with Crippen LogP contribution in [-0.4, -0.2) is 43.3 Å². The van der Waals surface area contributed by atoms with E-state index in [1.54, 1.807) is 25.3 Å². The molecule has 3 N–H and O–H groups in total. The van der Waals surface area contributed by atoms with Crippen LogP contribution in [0.4, 0.5) is 5.69 Å². The summed E-state index contributed by atoms with van der Waals surface area (Å²) >= 11 is 6.41. The molecule has 2 atom stereocenters. The lowest BCUT2D eigenvalue weighted by molar-refractivity contribution is -0.136. The van der Waals surface area contributed by atoms with Crippen LogP contribution in [0, 0.1) is 5.92 Å². The summed E-state index contributed by atoms with van der Waals surface area (Å²) in [7, 11) is 1.61. The summed E-state index contributed by atoms with van der Waals surface area (Å²) in [5, 5.41) is 15.5. The van der Waals surface area contributed by atoms with Gasteiger partial charge in [0.1, 0.15) is 18.1 Å². The topological polar surface area (TPSA) is 96.9 Å². The second kappa shape index (κ2) is 13.6. The van der Waals surface area contributed by atoms with Crippen LogP contribution in [0.5, 0.6) is 11.5 Å². The lowest BCUT2D eigenvalue weighted by Gasteiger charge is -2.25. The van der Waals surface area contributed by atoms with Crippen LogP contribution in [0.15, 0.2) is 66.7 Å². The summed E-state index contributed by atoms with van der Waals surface area (Å²) in [6.45, 7) is 4.86. The summed E-state index contributed by atoms with van der Waals surface area (Å²) in [6.07, 6.45) is 0.861. The Hall–Kier alpha value is -3.71. The molecule has 0 radical (unpaired) electrons. The third kappa shape index (κ3) is 8.15. The number of anilines is 1. The number of carbonyl (C=O) groups is 2. The fraction of sp³-hybridized carbons (Fsp3) is 0.310. The van der Waals surface area contributed by atoms with E-state index in [-0.39, 0.29) is 24.9 Å². The molecule has 3 rings (SSSR count). The first kappa shape index (κ1) is 27.9. The van der Waals surface area contributed by atoms with Crippen molar-refractivity contribution in [2.45, 2.75) is 32.7 Å². The third-order valence-corrected chi connectivity index (χ3v) is 6.54. The van der Waals surface area contributed by atoms with E-state index in [2.05, 4.69) is 24.5 Å². The number of halogens is 1. The highest BCUT2D eigenvalue weighted by molar-refractivity contribution is 6.33. The fourth-order valence-corrected chi connectivity index (χ4v) is 4.00. The third-order valence-electron chi connectivity index (χ3n) is 6.23. The summed E-state index contributed by atoms with van der Waals surface area (Å²) in [4.78, 5) is 22.8. The lowest BCUT2D eigenvalue weighted by Crippen LogP contribution is -2.33. The molecule has 37 heavy (non-hydrogen) atoms. The van der Waals surface area contributed by atoms with Crippen LogP contribution >= 0.6 is 11.6 Å². The largest absolute Gasteiger partial charge is 0.497 e. The van der Waals surface area contributed by atoms with Gasteiger partial charge in [0.2, 0.25) is 0 Å². The van der Waals surface area contributed by atoms with Crippen molar-refractivity contribution in [2.24, 2.45) is 5.92 Å². The molecule has 196 valence electrons. The van der Waals surface area contributed by atoms with E-state index >= 15 is 0 Å². The van der Waals surface area contributed by atoms with Crippen LogP contribution in [0.1, 0.15) is 37.0 Å². The number of carboxylic acid groups (broad SMARTS) is 1. The van der Waals surface area contributed by atoms with Crippen molar-refractivity contribution in [3.05, 3.63) is 77.3 Å². The molecule has 0 spiro atoms. The van der Waals surface area contributed by atoms with E-state index in [0.717, 1.165) is 29.0 Å². The van der Waals surface area contributed by atoms with E-state index in [1.165, 1.54) is 0 Å². The Kier molecular flexibility index (Phi) is 10.2. The minimum Gasteiger partial charge on any atom is -0.497 e. The van der Waals surface area contributed by atoms with E-state index < -0.39 is 5.97 Å². The molecule has 0 bridgehead atoms. The molecule has 0 unspecified atom stereocenters. The highest BCUT2D eigenvalue weighted by atomic mass is 35.5. The number of hydrogen-bond donors (Lipinski definition) is 3. The van der Waals surface area contributed by atoms with Crippen molar-refractivity contribution in [3.8, 4) is 22.6 Å². The van der Waals surface area contributed by atoms with Gasteiger partial charge in [-0.25, -0.2) is 0 Å². The number of benzene rings is 3. The van der Waals surface area contributed by atoms with Crippen LogP contribution in [0.25, 0.3) is 11.1 Å². The fourth-order valence-electron chi connectivity index (χ4n) is 3.72. The molecule has 0 saturated carbocycles. The average Bonchev–Trinajstić information content (AvgIpc) is 2.91. The Morgan fingerprint density at radius 3 is 2.27 bits per heavy atom. The van der Waals surface area contributed by atoms with Crippen LogP contribution in [0.3, 0.4) is 0 Å². The number of carboxylic acids is 1. The van der Waals surface area contributed by atoms with Gasteiger partial charge in [0.15, 0.2) is 0 Å². The second-order valence-corrected chi connectivity index (χ2v) is 9.20. The van der Waals surface area contributed by atoms with Crippen LogP contribution in [0.2, 0.25) is 5.02 Å². The van der Waals surface area contributed by atoms with E-state index in [4.69, 9.17) is 26.2 Å². The van der Waals surface area contributed by atoms with Gasteiger partial charge in [-0.05, 0) is 66.1 Å². The number of methoxy groups -OCH3 is 1. The van der Waals surface area contributed by atoms with Crippen molar-refractivity contribution >= 4 is 29.2 Å². The van der Waals surface area contributed by atoms with Gasteiger partial charge in [-0.2, -0.15) is 0 Å². The molecule has 1 amide bonds. The maximum atomic E-state index is 12.2. The zero-order valence-electron chi connectivity index (χ0n) is 21.3. The number of aliphatic carboxylic acids is 1. The van der Waals surface area contributed by atoms with Gasteiger partial charge in [0.05, 0.1) is 24.6 Å². The van der Waals surface area contributed by atoms with Crippen LogP contribution in [-0.2, 0) is 4.79 Å². The summed E-state index contributed by atoms with van der Waals surface area (Å²) in [5.74, 6) is 0.573. The van der Waals surface area contributed by atoms with Gasteiger partial charge in [-0.1, -0.05) is 44.0 Å². The second-order valence-electron chi connectivity index (χ2n) is 8.79. The molecule has 0 heterocycles. The molecule has 0 saturated heterocycles. The first-order valence-corrected chi connectivity index (χ1v) is 12.6. The Labute approximate surface area is 222 Å². The Morgan fingerprint density at radius 1 is 1.00 bits per heavy atom. The Morgan fingerprint density at radius 2 is 1.68 bits per heavy atom. The molecule has 0 aromatic heterocycles. The highest BCUT2D eigenvalue weighted by Crippen LogP contribution is 2.32. The minimum absolute atomic E-state index is 0.0518. The predicted octanol–water partition coefficient (Wildman–Crippen LogP) is 6.13. The van der Waals surface area contributed by atoms with E-state index in [0.29, 0.717) is 28.9 Å². The van der Waals surface area contributed by atoms with Gasteiger partial charge in [0, 0.05) is 23.4 Å². The Bertz CT molecular complexity index is 1180. The molecule has 0 aliphatic heterocycles. The summed E-state index contributed by atoms with van der Waals surface area (Å²) < 4.78 is 11.3. The molecule has 0 aliphatic rings. The Balaban J connectivity index is 1.60. The molecule has 3 aromatic rings. The molecule has 0 fully saturated rings. The van der Waals surface area contributed by atoms with Gasteiger partial charge in [-0.15, -0.1) is 0 Å². The highest BCUT2D eigenvalue weighted by Gasteiger charge is 2.17. The zero-order valence-corrected chi connectivity index (χ0v) is 22.0. The summed E-state index contributed by atoms with van der Waals surface area (Å²) in [6, 6.07) is 20.6. The number of ether oxygens (including phenoxy) is 2.